The first-order valence-corrected chi connectivity index (χ1v) is 7.92. The lowest BCUT2D eigenvalue weighted by molar-refractivity contribution is -0.137. The number of carbonyl (C=O) groups is 1. The van der Waals surface area contributed by atoms with Gasteiger partial charge in [0.2, 0.25) is 5.91 Å². The largest absolute Gasteiger partial charge is 0.445 e. The summed E-state index contributed by atoms with van der Waals surface area (Å²) in [5.41, 5.74) is 0.898. The van der Waals surface area contributed by atoms with Crippen molar-refractivity contribution in [3.05, 3.63) is 17.3 Å². The molecule has 6 heteroatoms. The molecule has 0 unspecified atom stereocenters. The second-order valence-electron chi connectivity index (χ2n) is 6.02. The third-order valence-electron chi connectivity index (χ3n) is 3.72. The zero-order valence-electron chi connectivity index (χ0n) is 13.8. The van der Waals surface area contributed by atoms with Crippen molar-refractivity contribution >= 4 is 5.91 Å². The topological polar surface area (TPSA) is 64.8 Å². The van der Waals surface area contributed by atoms with Gasteiger partial charge >= 0.3 is 0 Å². The van der Waals surface area contributed by atoms with Crippen molar-refractivity contribution in [1.29, 1.82) is 0 Å². The minimum absolute atomic E-state index is 0.00603. The van der Waals surface area contributed by atoms with Crippen LogP contribution in [0.25, 0.3) is 0 Å². The maximum absolute atomic E-state index is 12.1. The second-order valence-corrected chi connectivity index (χ2v) is 6.02. The monoisotopic (exact) mass is 310 g/mol. The molecule has 1 aliphatic heterocycles. The van der Waals surface area contributed by atoms with Gasteiger partial charge < -0.3 is 18.8 Å². The summed E-state index contributed by atoms with van der Waals surface area (Å²) in [6, 6.07) is 0. The number of ether oxygens (including phenoxy) is 2. The summed E-state index contributed by atoms with van der Waals surface area (Å²) >= 11 is 0. The highest BCUT2D eigenvalue weighted by molar-refractivity contribution is 5.77. The van der Waals surface area contributed by atoms with Crippen LogP contribution in [0.1, 0.15) is 37.6 Å². The van der Waals surface area contributed by atoms with Crippen LogP contribution >= 0.6 is 0 Å². The minimum atomic E-state index is -0.00603. The molecular weight excluding hydrogens is 284 g/mol. The van der Waals surface area contributed by atoms with Gasteiger partial charge in [0.15, 0.2) is 5.89 Å². The van der Waals surface area contributed by atoms with E-state index in [2.05, 4.69) is 18.8 Å². The summed E-state index contributed by atoms with van der Waals surface area (Å²) in [7, 11) is 1.61. The van der Waals surface area contributed by atoms with Crippen LogP contribution in [0.15, 0.2) is 4.42 Å². The van der Waals surface area contributed by atoms with Crippen molar-refractivity contribution in [2.75, 3.05) is 33.5 Å². The molecule has 0 saturated heterocycles. The molecule has 0 aromatic carbocycles. The quantitative estimate of drug-likeness (QED) is 0.685. The maximum atomic E-state index is 12.1. The van der Waals surface area contributed by atoms with Crippen molar-refractivity contribution in [1.82, 2.24) is 9.88 Å². The van der Waals surface area contributed by atoms with E-state index in [4.69, 9.17) is 13.9 Å². The average Bonchev–Trinajstić information content (AvgIpc) is 2.91. The lowest BCUT2D eigenvalue weighted by Gasteiger charge is -2.25. The van der Waals surface area contributed by atoms with Crippen molar-refractivity contribution in [2.24, 2.45) is 5.92 Å². The third kappa shape index (κ3) is 4.81. The Hall–Kier alpha value is -1.40. The number of aryl methyl sites for hydroxylation is 1. The van der Waals surface area contributed by atoms with Gasteiger partial charge in [-0.15, -0.1) is 0 Å². The number of hydrogen-bond donors (Lipinski definition) is 0. The number of amides is 1. The Bertz CT molecular complexity index is 484. The fourth-order valence-electron chi connectivity index (χ4n) is 2.38. The molecule has 0 atom stereocenters. The van der Waals surface area contributed by atoms with Gasteiger partial charge in [-0.3, -0.25) is 4.79 Å². The predicted molar refractivity (Wildman–Crippen MR) is 81.5 cm³/mol. The first kappa shape index (κ1) is 17.0. The Labute approximate surface area is 131 Å². The first-order chi connectivity index (χ1) is 10.6. The predicted octanol–water partition coefficient (Wildman–Crippen LogP) is 1.81. The smallest absolute Gasteiger partial charge is 0.248 e. The standard InChI is InChI=1S/C16H26N2O4/c1-12(2)4-5-15-17-13-10-18(7-6-14(13)22-15)16(19)11-21-9-8-20-3/h12H,4-11H2,1-3H3. The van der Waals surface area contributed by atoms with E-state index in [9.17, 15) is 4.79 Å². The van der Waals surface area contributed by atoms with E-state index in [1.54, 1.807) is 12.0 Å². The zero-order chi connectivity index (χ0) is 15.9. The van der Waals surface area contributed by atoms with Crippen LogP contribution < -0.4 is 0 Å². The molecule has 0 spiro atoms. The fourth-order valence-corrected chi connectivity index (χ4v) is 2.38. The number of fused-ring (bicyclic) bond motifs is 1. The van der Waals surface area contributed by atoms with Crippen LogP contribution in [0.5, 0.6) is 0 Å². The van der Waals surface area contributed by atoms with Crippen LogP contribution in [-0.4, -0.2) is 49.3 Å². The number of methoxy groups -OCH3 is 1. The minimum Gasteiger partial charge on any atom is -0.445 e. The van der Waals surface area contributed by atoms with E-state index in [0.717, 1.165) is 36.6 Å². The normalized spacial score (nSPS) is 14.5. The molecule has 6 nitrogen and oxygen atoms in total. The summed E-state index contributed by atoms with van der Waals surface area (Å²) in [6.07, 6.45) is 2.65. The van der Waals surface area contributed by atoms with Crippen molar-refractivity contribution in [3.8, 4) is 0 Å². The molecule has 0 radical (unpaired) electrons. The maximum Gasteiger partial charge on any atom is 0.248 e. The number of carbonyl (C=O) groups excluding carboxylic acids is 1. The Balaban J connectivity index is 1.84. The Morgan fingerprint density at radius 3 is 2.95 bits per heavy atom. The molecular formula is C16H26N2O4. The first-order valence-electron chi connectivity index (χ1n) is 7.92. The number of aromatic nitrogens is 1. The SMILES string of the molecule is COCCOCC(=O)N1CCc2oc(CCC(C)C)nc2C1. The highest BCUT2D eigenvalue weighted by atomic mass is 16.5. The van der Waals surface area contributed by atoms with E-state index >= 15 is 0 Å². The molecule has 2 heterocycles. The molecule has 1 aromatic heterocycles. The molecule has 0 bridgehead atoms. The van der Waals surface area contributed by atoms with E-state index in [1.807, 2.05) is 0 Å². The molecule has 124 valence electrons. The summed E-state index contributed by atoms with van der Waals surface area (Å²) in [4.78, 5) is 18.4. The molecule has 0 N–H and O–H groups in total. The third-order valence-corrected chi connectivity index (χ3v) is 3.72. The van der Waals surface area contributed by atoms with Crippen molar-refractivity contribution in [2.45, 2.75) is 39.7 Å². The van der Waals surface area contributed by atoms with Gasteiger partial charge in [0.05, 0.1) is 19.8 Å². The number of hydrogen-bond acceptors (Lipinski definition) is 5. The van der Waals surface area contributed by atoms with Crippen LogP contribution in [0.3, 0.4) is 0 Å². The van der Waals surface area contributed by atoms with E-state index in [1.165, 1.54) is 0 Å². The van der Waals surface area contributed by atoms with Gasteiger partial charge in [-0.2, -0.15) is 0 Å². The molecule has 1 amide bonds. The van der Waals surface area contributed by atoms with Crippen LogP contribution in [0, 0.1) is 5.92 Å². The molecule has 1 aliphatic rings. The van der Waals surface area contributed by atoms with Gasteiger partial charge in [0.25, 0.3) is 0 Å². The van der Waals surface area contributed by atoms with Gasteiger partial charge in [0, 0.05) is 26.5 Å². The molecule has 1 aromatic rings. The highest BCUT2D eigenvalue weighted by Crippen LogP contribution is 2.21. The molecule has 0 saturated carbocycles. The molecule has 22 heavy (non-hydrogen) atoms. The number of oxazole rings is 1. The van der Waals surface area contributed by atoms with E-state index < -0.39 is 0 Å². The lowest BCUT2D eigenvalue weighted by atomic mass is 10.1. The molecule has 0 aliphatic carbocycles. The van der Waals surface area contributed by atoms with Crippen LogP contribution in [-0.2, 0) is 33.7 Å². The summed E-state index contributed by atoms with van der Waals surface area (Å²) in [5.74, 6) is 2.35. The number of rotatable bonds is 8. The van der Waals surface area contributed by atoms with Crippen molar-refractivity contribution < 1.29 is 18.7 Å². The van der Waals surface area contributed by atoms with Crippen LogP contribution in [0.2, 0.25) is 0 Å². The van der Waals surface area contributed by atoms with Gasteiger partial charge in [-0.25, -0.2) is 4.98 Å². The summed E-state index contributed by atoms with van der Waals surface area (Å²) < 4.78 is 16.0. The van der Waals surface area contributed by atoms with E-state index in [0.29, 0.717) is 32.2 Å². The fraction of sp³-hybridized carbons (Fsp3) is 0.750. The Kier molecular flexibility index (Phi) is 6.39. The summed E-state index contributed by atoms with van der Waals surface area (Å²) in [5, 5.41) is 0. The van der Waals surface area contributed by atoms with Crippen molar-refractivity contribution in [3.63, 3.8) is 0 Å². The van der Waals surface area contributed by atoms with Gasteiger partial charge in [-0.1, -0.05) is 13.8 Å². The zero-order valence-corrected chi connectivity index (χ0v) is 13.8. The Morgan fingerprint density at radius 1 is 1.41 bits per heavy atom. The highest BCUT2D eigenvalue weighted by Gasteiger charge is 2.25. The molecule has 0 fully saturated rings. The Morgan fingerprint density at radius 2 is 2.23 bits per heavy atom. The van der Waals surface area contributed by atoms with E-state index in [-0.39, 0.29) is 12.5 Å². The van der Waals surface area contributed by atoms with Crippen LogP contribution in [0.4, 0.5) is 0 Å². The summed E-state index contributed by atoms with van der Waals surface area (Å²) in [6.45, 7) is 6.59. The molecule has 2 rings (SSSR count). The van der Waals surface area contributed by atoms with Gasteiger partial charge in [-0.05, 0) is 12.3 Å². The number of nitrogens with zero attached hydrogens (tertiary/aromatic N) is 2. The lowest BCUT2D eigenvalue weighted by Crippen LogP contribution is -2.38. The second kappa shape index (κ2) is 8.29. The average molecular weight is 310 g/mol. The van der Waals surface area contributed by atoms with Gasteiger partial charge in [0.1, 0.15) is 18.1 Å².